The molecule has 2 aromatic heterocycles. The van der Waals surface area contributed by atoms with Gasteiger partial charge in [0.1, 0.15) is 5.65 Å². The highest BCUT2D eigenvalue weighted by atomic mass is 16.1. The van der Waals surface area contributed by atoms with Gasteiger partial charge in [-0.05, 0) is 44.6 Å². The second kappa shape index (κ2) is 6.82. The summed E-state index contributed by atoms with van der Waals surface area (Å²) in [6, 6.07) is 4.54. The fraction of sp³-hybridized carbons (Fsp3) is 0.619. The number of primary amides is 1. The molecule has 144 valence electrons. The molecule has 6 nitrogen and oxygen atoms in total. The van der Waals surface area contributed by atoms with E-state index in [4.69, 9.17) is 5.73 Å². The zero-order valence-electron chi connectivity index (χ0n) is 15.8. The highest BCUT2D eigenvalue weighted by Crippen LogP contribution is 2.41. The fourth-order valence-electron chi connectivity index (χ4n) is 5.86. The molecule has 0 radical (unpaired) electrons. The van der Waals surface area contributed by atoms with Gasteiger partial charge < -0.3 is 16.0 Å². The lowest BCUT2D eigenvalue weighted by Gasteiger charge is -2.45. The van der Waals surface area contributed by atoms with Gasteiger partial charge in [0.2, 0.25) is 0 Å². The standard InChI is InChI=1S/C21H29N5O/c22-20(27)18-12-24-21-17(8-9-23-21)19(18)25-13-10-15-6-7-16(11-13)26(15)14-4-2-1-3-5-14/h8-9,12-16H,1-7,10-11H2,(H2,22,27)(H2,23,24,25)/t13-,15-,16+. The van der Waals surface area contributed by atoms with Gasteiger partial charge in [-0.3, -0.25) is 9.69 Å². The predicted octanol–water partition coefficient (Wildman–Crippen LogP) is 3.40. The maximum absolute atomic E-state index is 12.0. The van der Waals surface area contributed by atoms with Crippen molar-refractivity contribution in [3.8, 4) is 0 Å². The van der Waals surface area contributed by atoms with Crippen LogP contribution < -0.4 is 11.1 Å². The van der Waals surface area contributed by atoms with Crippen LogP contribution in [-0.2, 0) is 0 Å². The number of carbonyl (C=O) groups excluding carboxylic acids is 1. The molecule has 3 fully saturated rings. The van der Waals surface area contributed by atoms with Crippen molar-refractivity contribution in [2.75, 3.05) is 5.32 Å². The fourth-order valence-corrected chi connectivity index (χ4v) is 5.86. The van der Waals surface area contributed by atoms with Crippen LogP contribution in [0.15, 0.2) is 18.5 Å². The molecular formula is C21H29N5O. The van der Waals surface area contributed by atoms with Crippen LogP contribution in [0, 0.1) is 0 Å². The van der Waals surface area contributed by atoms with Gasteiger partial charge >= 0.3 is 0 Å². The lowest BCUT2D eigenvalue weighted by Crippen LogP contribution is -2.52. The number of fused-ring (bicyclic) bond motifs is 3. The lowest BCUT2D eigenvalue weighted by atomic mass is 9.88. The number of carbonyl (C=O) groups is 1. The number of nitrogens with zero attached hydrogens (tertiary/aromatic N) is 2. The molecule has 4 heterocycles. The molecule has 1 amide bonds. The first-order chi connectivity index (χ1) is 13.2. The van der Waals surface area contributed by atoms with E-state index in [9.17, 15) is 4.79 Å². The van der Waals surface area contributed by atoms with Crippen LogP contribution in [0.4, 0.5) is 5.69 Å². The number of aromatic nitrogens is 2. The zero-order valence-corrected chi connectivity index (χ0v) is 15.8. The van der Waals surface area contributed by atoms with Crippen molar-refractivity contribution in [3.05, 3.63) is 24.0 Å². The van der Waals surface area contributed by atoms with Crippen LogP contribution in [0.3, 0.4) is 0 Å². The minimum absolute atomic E-state index is 0.390. The number of anilines is 1. The van der Waals surface area contributed by atoms with Gasteiger partial charge in [-0.1, -0.05) is 19.3 Å². The highest BCUT2D eigenvalue weighted by molar-refractivity contribution is 6.05. The Morgan fingerprint density at radius 3 is 2.56 bits per heavy atom. The number of rotatable bonds is 4. The SMILES string of the molecule is NC(=O)c1cnc2[nH]ccc2c1N[C@@H]1C[C@H]2CC[C@@H](C1)N2C1CCCCC1. The largest absolute Gasteiger partial charge is 0.381 e. The van der Waals surface area contributed by atoms with Crippen LogP contribution in [0.2, 0.25) is 0 Å². The van der Waals surface area contributed by atoms with E-state index in [1.807, 2.05) is 12.3 Å². The molecule has 2 aliphatic heterocycles. The van der Waals surface area contributed by atoms with Crippen molar-refractivity contribution in [2.45, 2.75) is 82.0 Å². The quantitative estimate of drug-likeness (QED) is 0.773. The van der Waals surface area contributed by atoms with Crippen molar-refractivity contribution in [3.63, 3.8) is 0 Å². The third kappa shape index (κ3) is 3.00. The van der Waals surface area contributed by atoms with Gasteiger partial charge in [-0.2, -0.15) is 0 Å². The molecule has 0 aromatic carbocycles. The van der Waals surface area contributed by atoms with Crippen LogP contribution in [0.25, 0.3) is 11.0 Å². The number of aromatic amines is 1. The predicted molar refractivity (Wildman–Crippen MR) is 107 cm³/mol. The molecule has 6 heteroatoms. The zero-order chi connectivity index (χ0) is 18.4. The van der Waals surface area contributed by atoms with Crippen molar-refractivity contribution < 1.29 is 4.79 Å². The molecule has 4 N–H and O–H groups in total. The first kappa shape index (κ1) is 17.0. The normalized spacial score (nSPS) is 29.3. The Kier molecular flexibility index (Phi) is 4.31. The van der Waals surface area contributed by atoms with Gasteiger partial charge in [-0.25, -0.2) is 4.98 Å². The van der Waals surface area contributed by atoms with Gasteiger partial charge in [0.15, 0.2) is 0 Å². The van der Waals surface area contributed by atoms with Crippen molar-refractivity contribution >= 4 is 22.6 Å². The van der Waals surface area contributed by atoms with Crippen LogP contribution in [0.1, 0.15) is 68.1 Å². The monoisotopic (exact) mass is 367 g/mol. The Morgan fingerprint density at radius 2 is 1.85 bits per heavy atom. The van der Waals surface area contributed by atoms with E-state index in [1.165, 1.54) is 44.9 Å². The Labute approximate surface area is 159 Å². The summed E-state index contributed by atoms with van der Waals surface area (Å²) in [5.41, 5.74) is 7.77. The molecule has 0 unspecified atom stereocenters. The van der Waals surface area contributed by atoms with Crippen LogP contribution >= 0.6 is 0 Å². The first-order valence-corrected chi connectivity index (χ1v) is 10.5. The summed E-state index contributed by atoms with van der Waals surface area (Å²) in [7, 11) is 0. The first-order valence-electron chi connectivity index (χ1n) is 10.5. The van der Waals surface area contributed by atoms with Gasteiger partial charge in [0, 0.05) is 41.9 Å². The van der Waals surface area contributed by atoms with Crippen molar-refractivity contribution in [2.24, 2.45) is 5.73 Å². The summed E-state index contributed by atoms with van der Waals surface area (Å²) in [6.07, 6.45) is 15.4. The van der Waals surface area contributed by atoms with E-state index < -0.39 is 5.91 Å². The Morgan fingerprint density at radius 1 is 1.11 bits per heavy atom. The molecule has 1 aliphatic carbocycles. The maximum Gasteiger partial charge on any atom is 0.252 e. The second-order valence-electron chi connectivity index (χ2n) is 8.59. The van der Waals surface area contributed by atoms with Crippen LogP contribution in [-0.4, -0.2) is 44.9 Å². The third-order valence-corrected chi connectivity index (χ3v) is 6.99. The van der Waals surface area contributed by atoms with E-state index in [1.54, 1.807) is 6.20 Å². The molecule has 27 heavy (non-hydrogen) atoms. The number of amides is 1. The number of nitrogens with one attached hydrogen (secondary N) is 2. The molecular weight excluding hydrogens is 338 g/mol. The smallest absolute Gasteiger partial charge is 0.252 e. The average molecular weight is 367 g/mol. The molecule has 2 aromatic rings. The number of pyridine rings is 1. The van der Waals surface area contributed by atoms with E-state index in [0.717, 1.165) is 35.6 Å². The van der Waals surface area contributed by atoms with Gasteiger partial charge in [-0.15, -0.1) is 0 Å². The molecule has 2 bridgehead atoms. The summed E-state index contributed by atoms with van der Waals surface area (Å²) in [4.78, 5) is 22.3. The summed E-state index contributed by atoms with van der Waals surface area (Å²) in [5.74, 6) is -0.421. The highest BCUT2D eigenvalue weighted by Gasteiger charge is 2.44. The van der Waals surface area contributed by atoms with E-state index >= 15 is 0 Å². The summed E-state index contributed by atoms with van der Waals surface area (Å²) in [6.45, 7) is 0. The van der Waals surface area contributed by atoms with Gasteiger partial charge in [0.05, 0.1) is 11.3 Å². The molecule has 3 aliphatic rings. The number of piperidine rings is 1. The molecule has 5 rings (SSSR count). The van der Waals surface area contributed by atoms with E-state index in [2.05, 4.69) is 20.2 Å². The Hall–Kier alpha value is -2.08. The second-order valence-corrected chi connectivity index (χ2v) is 8.59. The number of hydrogen-bond acceptors (Lipinski definition) is 4. The van der Waals surface area contributed by atoms with Crippen molar-refractivity contribution in [1.29, 1.82) is 0 Å². The lowest BCUT2D eigenvalue weighted by molar-refractivity contribution is 0.0607. The average Bonchev–Trinajstić information content (AvgIpc) is 3.25. The summed E-state index contributed by atoms with van der Waals surface area (Å²) in [5, 5.41) is 4.65. The number of hydrogen-bond donors (Lipinski definition) is 3. The topological polar surface area (TPSA) is 87.0 Å². The molecule has 0 spiro atoms. The Balaban J connectivity index is 1.38. The van der Waals surface area contributed by atoms with Crippen molar-refractivity contribution in [1.82, 2.24) is 14.9 Å². The molecule has 3 atom stereocenters. The minimum Gasteiger partial charge on any atom is -0.381 e. The molecule has 1 saturated carbocycles. The number of H-pyrrole nitrogens is 1. The summed E-state index contributed by atoms with van der Waals surface area (Å²) >= 11 is 0. The third-order valence-electron chi connectivity index (χ3n) is 6.99. The number of nitrogens with two attached hydrogens (primary N) is 1. The summed E-state index contributed by atoms with van der Waals surface area (Å²) < 4.78 is 0. The minimum atomic E-state index is -0.421. The Bertz CT molecular complexity index is 826. The van der Waals surface area contributed by atoms with Crippen LogP contribution in [0.5, 0.6) is 0 Å². The van der Waals surface area contributed by atoms with Gasteiger partial charge in [0.25, 0.3) is 5.91 Å². The molecule has 2 saturated heterocycles. The van der Waals surface area contributed by atoms with E-state index in [-0.39, 0.29) is 0 Å². The van der Waals surface area contributed by atoms with E-state index in [0.29, 0.717) is 23.7 Å². The maximum atomic E-state index is 12.0.